The minimum Gasteiger partial charge on any atom is -0.364 e. The molecule has 3 aromatic carbocycles. The predicted molar refractivity (Wildman–Crippen MR) is 122 cm³/mol. The van der Waals surface area contributed by atoms with Gasteiger partial charge >= 0.3 is 0 Å². The Balaban J connectivity index is 1.51. The molecule has 0 amide bonds. The summed E-state index contributed by atoms with van der Waals surface area (Å²) in [6, 6.07) is 22.4. The van der Waals surface area contributed by atoms with Crippen LogP contribution in [0.3, 0.4) is 0 Å². The molecule has 0 spiro atoms. The maximum absolute atomic E-state index is 12.7. The maximum Gasteiger partial charge on any atom is 0.263 e. The molecule has 0 radical (unpaired) electrons. The molecule has 6 nitrogen and oxygen atoms in total. The van der Waals surface area contributed by atoms with Crippen molar-refractivity contribution >= 4 is 43.1 Å². The summed E-state index contributed by atoms with van der Waals surface area (Å²) in [6.45, 7) is 0.991. The molecule has 1 aromatic heterocycles. The fourth-order valence-electron chi connectivity index (χ4n) is 4.21. The number of aromatic nitrogens is 2. The number of sulfonamides is 1. The van der Waals surface area contributed by atoms with Crippen LogP contribution in [0.5, 0.6) is 0 Å². The molecule has 0 bridgehead atoms. The van der Waals surface area contributed by atoms with Crippen LogP contribution in [0.25, 0.3) is 10.8 Å². The summed E-state index contributed by atoms with van der Waals surface area (Å²) in [4.78, 5) is 2.69. The van der Waals surface area contributed by atoms with Gasteiger partial charge in [-0.1, -0.05) is 48.5 Å². The first-order chi connectivity index (χ1) is 14.5. The van der Waals surface area contributed by atoms with E-state index in [1.165, 1.54) is 17.1 Å². The molecule has 1 saturated heterocycles. The van der Waals surface area contributed by atoms with Crippen molar-refractivity contribution in [3.63, 3.8) is 0 Å². The molecular formula is C22H22N4O2S2. The van der Waals surface area contributed by atoms with Gasteiger partial charge in [0.15, 0.2) is 0 Å². The van der Waals surface area contributed by atoms with Crippen molar-refractivity contribution in [3.05, 3.63) is 72.3 Å². The largest absolute Gasteiger partial charge is 0.364 e. The topological polar surface area (TPSA) is 67.2 Å². The van der Waals surface area contributed by atoms with E-state index < -0.39 is 10.0 Å². The number of anilines is 2. The predicted octanol–water partition coefficient (Wildman–Crippen LogP) is 4.78. The van der Waals surface area contributed by atoms with Gasteiger partial charge in [0.25, 0.3) is 10.0 Å². The summed E-state index contributed by atoms with van der Waals surface area (Å²) in [5.41, 5.74) is 2.47. The molecule has 4 aromatic rings. The van der Waals surface area contributed by atoms with E-state index in [2.05, 4.69) is 45.1 Å². The molecule has 2 heterocycles. The van der Waals surface area contributed by atoms with Crippen molar-refractivity contribution in [3.8, 4) is 0 Å². The fraction of sp³-hybridized carbons (Fsp3) is 0.227. The molecule has 1 unspecified atom stereocenters. The third kappa shape index (κ3) is 3.46. The molecule has 1 aliphatic heterocycles. The Labute approximate surface area is 180 Å². The van der Waals surface area contributed by atoms with E-state index in [1.54, 1.807) is 23.3 Å². The van der Waals surface area contributed by atoms with Gasteiger partial charge in [-0.05, 0) is 42.0 Å². The Bertz CT molecular complexity index is 1280. The summed E-state index contributed by atoms with van der Waals surface area (Å²) < 4.78 is 29.6. The molecule has 1 aliphatic rings. The van der Waals surface area contributed by atoms with Gasteiger partial charge in [-0.2, -0.15) is 0 Å². The van der Waals surface area contributed by atoms with Crippen molar-refractivity contribution in [2.45, 2.75) is 23.8 Å². The highest BCUT2D eigenvalue weighted by Gasteiger charge is 2.27. The summed E-state index contributed by atoms with van der Waals surface area (Å²) in [6.07, 6.45) is 2.26. The lowest BCUT2D eigenvalue weighted by molar-refractivity contribution is 0.601. The van der Waals surface area contributed by atoms with E-state index in [0.717, 1.165) is 35.8 Å². The van der Waals surface area contributed by atoms with Crippen LogP contribution in [0.15, 0.2) is 71.6 Å². The number of hydrogen-bond donors (Lipinski definition) is 1. The lowest BCUT2D eigenvalue weighted by atomic mass is 10.0. The van der Waals surface area contributed by atoms with Gasteiger partial charge in [0.2, 0.25) is 5.13 Å². The van der Waals surface area contributed by atoms with Gasteiger partial charge in [0, 0.05) is 36.2 Å². The fourth-order valence-corrected chi connectivity index (χ4v) is 6.02. The van der Waals surface area contributed by atoms with Crippen molar-refractivity contribution in [2.24, 2.45) is 7.05 Å². The van der Waals surface area contributed by atoms with Crippen LogP contribution >= 0.6 is 11.5 Å². The van der Waals surface area contributed by atoms with E-state index >= 15 is 0 Å². The Kier molecular flexibility index (Phi) is 4.75. The molecule has 1 fully saturated rings. The molecule has 1 atom stereocenters. The highest BCUT2D eigenvalue weighted by Crippen LogP contribution is 2.39. The normalized spacial score (nSPS) is 17.0. The Morgan fingerprint density at radius 1 is 1.07 bits per heavy atom. The van der Waals surface area contributed by atoms with Gasteiger partial charge in [-0.15, -0.1) is 5.10 Å². The van der Waals surface area contributed by atoms with Crippen LogP contribution in [0.2, 0.25) is 0 Å². The minimum absolute atomic E-state index is 0.242. The Morgan fingerprint density at radius 3 is 2.63 bits per heavy atom. The van der Waals surface area contributed by atoms with Crippen LogP contribution in [-0.2, 0) is 17.1 Å². The van der Waals surface area contributed by atoms with Crippen LogP contribution in [-0.4, -0.2) is 24.1 Å². The van der Waals surface area contributed by atoms with E-state index in [0.29, 0.717) is 11.2 Å². The molecule has 1 N–H and O–H groups in total. The SMILES string of the molecule is Cn1nc(NS(=O)(=O)c2ccc3c(N4CCCC4c4ccccc4)cccc3c2)s1. The number of nitrogens with zero attached hydrogens (tertiary/aromatic N) is 3. The molecular weight excluding hydrogens is 416 g/mol. The van der Waals surface area contributed by atoms with Crippen molar-refractivity contribution in [1.29, 1.82) is 0 Å². The van der Waals surface area contributed by atoms with Gasteiger partial charge < -0.3 is 4.90 Å². The molecule has 154 valence electrons. The Hall–Kier alpha value is -2.84. The van der Waals surface area contributed by atoms with Crippen molar-refractivity contribution in [2.75, 3.05) is 16.2 Å². The van der Waals surface area contributed by atoms with Crippen molar-refractivity contribution in [1.82, 2.24) is 9.17 Å². The summed E-state index contributed by atoms with van der Waals surface area (Å²) >= 11 is 1.26. The van der Waals surface area contributed by atoms with Crippen LogP contribution in [0.1, 0.15) is 24.4 Å². The molecule has 0 aliphatic carbocycles. The van der Waals surface area contributed by atoms with E-state index in [4.69, 9.17) is 0 Å². The quantitative estimate of drug-likeness (QED) is 0.487. The molecule has 8 heteroatoms. The third-order valence-corrected chi connectivity index (χ3v) is 7.73. The molecule has 0 saturated carbocycles. The average Bonchev–Trinajstić information content (AvgIpc) is 3.22. The van der Waals surface area contributed by atoms with Crippen LogP contribution < -0.4 is 9.62 Å². The zero-order valence-electron chi connectivity index (χ0n) is 16.5. The van der Waals surface area contributed by atoms with Gasteiger partial charge in [0.1, 0.15) is 0 Å². The summed E-state index contributed by atoms with van der Waals surface area (Å²) in [5.74, 6) is 0. The number of hydrogen-bond acceptors (Lipinski definition) is 5. The second-order valence-electron chi connectivity index (χ2n) is 7.49. The number of benzene rings is 3. The van der Waals surface area contributed by atoms with Gasteiger partial charge in [0.05, 0.1) is 10.9 Å². The van der Waals surface area contributed by atoms with E-state index in [9.17, 15) is 8.42 Å². The highest BCUT2D eigenvalue weighted by molar-refractivity contribution is 7.93. The maximum atomic E-state index is 12.7. The first-order valence-electron chi connectivity index (χ1n) is 9.89. The van der Waals surface area contributed by atoms with E-state index in [1.807, 2.05) is 24.3 Å². The second-order valence-corrected chi connectivity index (χ2v) is 10.3. The van der Waals surface area contributed by atoms with Crippen LogP contribution in [0.4, 0.5) is 10.8 Å². The third-order valence-electron chi connectivity index (χ3n) is 5.56. The van der Waals surface area contributed by atoms with Gasteiger partial charge in [-0.3, -0.25) is 4.72 Å². The number of aryl methyl sites for hydroxylation is 1. The first-order valence-corrected chi connectivity index (χ1v) is 12.1. The standard InChI is InChI=1S/C22H22N4O2S2/c1-25-23-22(29-25)24-30(27,28)18-12-13-19-17(15-18)9-5-10-21(19)26-14-6-11-20(26)16-7-3-2-4-8-16/h2-5,7-10,12-13,15,20H,6,11,14H2,1H3,(H,23,24). The molecule has 5 rings (SSSR count). The average molecular weight is 439 g/mol. The summed E-state index contributed by atoms with van der Waals surface area (Å²) in [5, 5.41) is 6.37. The first kappa shape index (κ1) is 19.1. The number of nitrogens with one attached hydrogen (secondary N) is 1. The zero-order chi connectivity index (χ0) is 20.7. The monoisotopic (exact) mass is 438 g/mol. The Morgan fingerprint density at radius 2 is 1.87 bits per heavy atom. The number of rotatable bonds is 5. The lowest BCUT2D eigenvalue weighted by Gasteiger charge is -2.28. The van der Waals surface area contributed by atoms with Crippen molar-refractivity contribution < 1.29 is 8.42 Å². The van der Waals surface area contributed by atoms with E-state index in [-0.39, 0.29) is 4.90 Å². The number of fused-ring (bicyclic) bond motifs is 1. The smallest absolute Gasteiger partial charge is 0.263 e. The second kappa shape index (κ2) is 7.45. The zero-order valence-corrected chi connectivity index (χ0v) is 18.2. The van der Waals surface area contributed by atoms with Gasteiger partial charge in [-0.25, -0.2) is 12.5 Å². The highest BCUT2D eigenvalue weighted by atomic mass is 32.2. The van der Waals surface area contributed by atoms with Crippen LogP contribution in [0, 0.1) is 0 Å². The minimum atomic E-state index is -3.66. The summed E-state index contributed by atoms with van der Waals surface area (Å²) in [7, 11) is -1.90. The lowest BCUT2D eigenvalue weighted by Crippen LogP contribution is -2.22. The molecule has 30 heavy (non-hydrogen) atoms.